The van der Waals surface area contributed by atoms with E-state index in [0.29, 0.717) is 45.6 Å². The van der Waals surface area contributed by atoms with Gasteiger partial charge in [-0.05, 0) is 59.7 Å². The SMILES string of the molecule is COc1ccc(CNC(=O)[C@H](Nc2ccc(C(=N)N)cc2)c2cc(OC)c(OC)c(OC)c2)cc1OC. The summed E-state index contributed by atoms with van der Waals surface area (Å²) in [6, 6.07) is 15.0. The number of methoxy groups -OCH3 is 5. The summed E-state index contributed by atoms with van der Waals surface area (Å²) in [7, 11) is 7.67. The minimum absolute atomic E-state index is 0.0413. The lowest BCUT2D eigenvalue weighted by atomic mass is 10.0. The van der Waals surface area contributed by atoms with Gasteiger partial charge in [-0.25, -0.2) is 0 Å². The van der Waals surface area contributed by atoms with Crippen molar-refractivity contribution in [1.82, 2.24) is 5.32 Å². The summed E-state index contributed by atoms with van der Waals surface area (Å²) < 4.78 is 27.1. The number of ether oxygens (including phenoxy) is 5. The molecule has 3 aromatic rings. The highest BCUT2D eigenvalue weighted by Gasteiger charge is 2.25. The molecule has 10 nitrogen and oxygen atoms in total. The molecule has 0 saturated heterocycles. The molecule has 0 aromatic heterocycles. The molecule has 5 N–H and O–H groups in total. The van der Waals surface area contributed by atoms with Crippen LogP contribution in [0.4, 0.5) is 5.69 Å². The van der Waals surface area contributed by atoms with Crippen LogP contribution in [0.1, 0.15) is 22.7 Å². The van der Waals surface area contributed by atoms with Gasteiger partial charge < -0.3 is 40.1 Å². The van der Waals surface area contributed by atoms with E-state index in [4.69, 9.17) is 34.8 Å². The zero-order chi connectivity index (χ0) is 26.9. The van der Waals surface area contributed by atoms with Crippen molar-refractivity contribution >= 4 is 17.4 Å². The summed E-state index contributed by atoms with van der Waals surface area (Å²) in [6.45, 7) is 0.255. The highest BCUT2D eigenvalue weighted by atomic mass is 16.5. The van der Waals surface area contributed by atoms with Crippen LogP contribution in [0.25, 0.3) is 0 Å². The number of benzene rings is 3. The van der Waals surface area contributed by atoms with Gasteiger partial charge in [-0.1, -0.05) is 6.07 Å². The number of rotatable bonds is 12. The first-order valence-corrected chi connectivity index (χ1v) is 11.3. The average Bonchev–Trinajstić information content (AvgIpc) is 2.93. The van der Waals surface area contributed by atoms with Gasteiger partial charge in [0, 0.05) is 17.8 Å². The molecular formula is C27H32N4O6. The van der Waals surface area contributed by atoms with Crippen molar-refractivity contribution in [3.63, 3.8) is 0 Å². The molecule has 0 aliphatic rings. The molecular weight excluding hydrogens is 476 g/mol. The molecule has 196 valence electrons. The van der Waals surface area contributed by atoms with Gasteiger partial charge in [0.15, 0.2) is 23.0 Å². The lowest BCUT2D eigenvalue weighted by Crippen LogP contribution is -2.33. The highest BCUT2D eigenvalue weighted by Crippen LogP contribution is 2.40. The smallest absolute Gasteiger partial charge is 0.247 e. The van der Waals surface area contributed by atoms with E-state index < -0.39 is 6.04 Å². The molecule has 0 spiro atoms. The number of nitrogens with two attached hydrogens (primary N) is 1. The molecule has 0 aliphatic carbocycles. The van der Waals surface area contributed by atoms with E-state index in [1.807, 2.05) is 12.1 Å². The number of amidine groups is 1. The van der Waals surface area contributed by atoms with E-state index in [1.54, 1.807) is 56.7 Å². The quantitative estimate of drug-likeness (QED) is 0.216. The predicted molar refractivity (Wildman–Crippen MR) is 141 cm³/mol. The molecule has 10 heteroatoms. The molecule has 0 aliphatic heterocycles. The second-order valence-electron chi connectivity index (χ2n) is 7.93. The summed E-state index contributed by atoms with van der Waals surface area (Å²) >= 11 is 0. The minimum atomic E-state index is -0.822. The zero-order valence-corrected chi connectivity index (χ0v) is 21.5. The van der Waals surface area contributed by atoms with Crippen LogP contribution in [0, 0.1) is 5.41 Å². The Morgan fingerprint density at radius 2 is 1.41 bits per heavy atom. The van der Waals surface area contributed by atoms with Crippen molar-refractivity contribution in [2.45, 2.75) is 12.6 Å². The van der Waals surface area contributed by atoms with Crippen molar-refractivity contribution in [3.05, 3.63) is 71.3 Å². The minimum Gasteiger partial charge on any atom is -0.493 e. The Balaban J connectivity index is 1.94. The number of carbonyl (C=O) groups excluding carboxylic acids is 1. The van der Waals surface area contributed by atoms with E-state index in [-0.39, 0.29) is 18.3 Å². The van der Waals surface area contributed by atoms with E-state index >= 15 is 0 Å². The number of amides is 1. The average molecular weight is 509 g/mol. The molecule has 37 heavy (non-hydrogen) atoms. The summed E-state index contributed by atoms with van der Waals surface area (Å²) in [6.07, 6.45) is 0. The fraction of sp³-hybridized carbons (Fsp3) is 0.259. The van der Waals surface area contributed by atoms with Gasteiger partial charge in [-0.2, -0.15) is 0 Å². The summed E-state index contributed by atoms with van der Waals surface area (Å²) in [5.74, 6) is 2.10. The molecule has 0 saturated carbocycles. The van der Waals surface area contributed by atoms with Crippen LogP contribution in [0.3, 0.4) is 0 Å². The largest absolute Gasteiger partial charge is 0.493 e. The normalized spacial score (nSPS) is 11.2. The highest BCUT2D eigenvalue weighted by molar-refractivity contribution is 5.95. The lowest BCUT2D eigenvalue weighted by molar-refractivity contribution is -0.122. The Bertz CT molecular complexity index is 1220. The van der Waals surface area contributed by atoms with Gasteiger partial charge in [0.05, 0.1) is 35.5 Å². The molecule has 1 atom stereocenters. The first-order chi connectivity index (χ1) is 17.8. The number of hydrogen-bond donors (Lipinski definition) is 4. The van der Waals surface area contributed by atoms with Gasteiger partial charge in [0.2, 0.25) is 11.7 Å². The van der Waals surface area contributed by atoms with Crippen LogP contribution in [0.2, 0.25) is 0 Å². The Hall–Kier alpha value is -4.60. The van der Waals surface area contributed by atoms with Crippen LogP contribution in [-0.4, -0.2) is 47.3 Å². The molecule has 0 fully saturated rings. The van der Waals surface area contributed by atoms with Crippen molar-refractivity contribution in [3.8, 4) is 28.7 Å². The monoisotopic (exact) mass is 508 g/mol. The first-order valence-electron chi connectivity index (χ1n) is 11.3. The summed E-state index contributed by atoms with van der Waals surface area (Å²) in [4.78, 5) is 13.5. The Labute approximate surface area is 216 Å². The third-order valence-electron chi connectivity index (χ3n) is 5.70. The molecule has 3 rings (SSSR count). The number of hydrogen-bond acceptors (Lipinski definition) is 8. The topological polar surface area (TPSA) is 137 Å². The third kappa shape index (κ3) is 6.35. The van der Waals surface area contributed by atoms with Gasteiger partial charge in [-0.15, -0.1) is 0 Å². The van der Waals surface area contributed by atoms with Crippen molar-refractivity contribution < 1.29 is 28.5 Å². The molecule has 0 heterocycles. The summed E-state index contributed by atoms with van der Waals surface area (Å²) in [5.41, 5.74) is 8.23. The molecule has 0 bridgehead atoms. The van der Waals surface area contributed by atoms with Crippen molar-refractivity contribution in [2.24, 2.45) is 5.73 Å². The summed E-state index contributed by atoms with van der Waals surface area (Å²) in [5, 5.41) is 13.8. The third-order valence-corrected chi connectivity index (χ3v) is 5.70. The van der Waals surface area contributed by atoms with Crippen LogP contribution in [0.5, 0.6) is 28.7 Å². The number of nitrogens with one attached hydrogen (secondary N) is 3. The lowest BCUT2D eigenvalue weighted by Gasteiger charge is -2.22. The molecule has 1 amide bonds. The van der Waals surface area contributed by atoms with E-state index in [9.17, 15) is 4.79 Å². The van der Waals surface area contributed by atoms with Gasteiger partial charge in [0.25, 0.3) is 0 Å². The number of carbonyl (C=O) groups is 1. The van der Waals surface area contributed by atoms with Crippen LogP contribution in [-0.2, 0) is 11.3 Å². The molecule has 0 radical (unpaired) electrons. The van der Waals surface area contributed by atoms with E-state index in [1.165, 1.54) is 21.3 Å². The maximum atomic E-state index is 13.5. The fourth-order valence-corrected chi connectivity index (χ4v) is 3.76. The van der Waals surface area contributed by atoms with Gasteiger partial charge >= 0.3 is 0 Å². The van der Waals surface area contributed by atoms with Gasteiger partial charge in [-0.3, -0.25) is 10.2 Å². The maximum Gasteiger partial charge on any atom is 0.247 e. The fourth-order valence-electron chi connectivity index (χ4n) is 3.76. The van der Waals surface area contributed by atoms with Gasteiger partial charge in [0.1, 0.15) is 11.9 Å². The van der Waals surface area contributed by atoms with Crippen LogP contribution < -0.4 is 40.1 Å². The predicted octanol–water partition coefficient (Wildman–Crippen LogP) is 3.48. The Morgan fingerprint density at radius 3 is 1.92 bits per heavy atom. The number of anilines is 1. The van der Waals surface area contributed by atoms with E-state index in [2.05, 4.69) is 10.6 Å². The zero-order valence-electron chi connectivity index (χ0n) is 21.5. The van der Waals surface area contributed by atoms with E-state index in [0.717, 1.165) is 5.56 Å². The van der Waals surface area contributed by atoms with Crippen LogP contribution in [0.15, 0.2) is 54.6 Å². The second-order valence-corrected chi connectivity index (χ2v) is 7.93. The van der Waals surface area contributed by atoms with Crippen LogP contribution >= 0.6 is 0 Å². The standard InChI is InChI=1S/C27H32N4O6/c1-33-20-11-6-16(12-21(20)34-2)15-30-27(32)24(31-19-9-7-17(8-10-19)26(28)29)18-13-22(35-3)25(37-5)23(14-18)36-4/h6-14,24,31H,15H2,1-5H3,(H3,28,29)(H,30,32)/t24-/m1/s1. The number of nitrogen functional groups attached to an aromatic ring is 1. The second kappa shape index (κ2) is 12.4. The Kier molecular flexibility index (Phi) is 9.04. The molecule has 0 unspecified atom stereocenters. The van der Waals surface area contributed by atoms with Crippen molar-refractivity contribution in [2.75, 3.05) is 40.9 Å². The first kappa shape index (κ1) is 27.0. The molecule has 3 aromatic carbocycles. The van der Waals surface area contributed by atoms with Crippen molar-refractivity contribution in [1.29, 1.82) is 5.41 Å². The Morgan fingerprint density at radius 1 is 0.811 bits per heavy atom. The maximum absolute atomic E-state index is 13.5.